The summed E-state index contributed by atoms with van der Waals surface area (Å²) >= 11 is 0. The van der Waals surface area contributed by atoms with Crippen LogP contribution in [-0.4, -0.2) is 71.8 Å². The van der Waals surface area contributed by atoms with Gasteiger partial charge >= 0.3 is 0 Å². The second-order valence-electron chi connectivity index (χ2n) is 12.9. The summed E-state index contributed by atoms with van der Waals surface area (Å²) in [6, 6.07) is 9.61. The normalized spacial score (nSPS) is 30.7. The Labute approximate surface area is 247 Å². The topological polar surface area (TPSA) is 125 Å². The predicted octanol–water partition coefficient (Wildman–Crippen LogP) is 3.65. The van der Waals surface area contributed by atoms with Crippen LogP contribution >= 0.6 is 0 Å². The fourth-order valence-electron chi connectivity index (χ4n) is 7.80. The molecule has 1 saturated heterocycles. The molecular formula is C33H42N2O7. The number of para-hydroxylation sites is 1. The highest BCUT2D eigenvalue weighted by Crippen LogP contribution is 2.61. The van der Waals surface area contributed by atoms with Gasteiger partial charge in [0.1, 0.15) is 30.5 Å². The van der Waals surface area contributed by atoms with Gasteiger partial charge in [0, 0.05) is 34.2 Å². The van der Waals surface area contributed by atoms with Gasteiger partial charge in [-0.2, -0.15) is 5.06 Å². The first-order chi connectivity index (χ1) is 20.0. The van der Waals surface area contributed by atoms with Crippen LogP contribution in [0.2, 0.25) is 0 Å². The van der Waals surface area contributed by atoms with E-state index in [9.17, 15) is 24.6 Å². The molecule has 2 aromatic carbocycles. The van der Waals surface area contributed by atoms with Crippen molar-refractivity contribution in [2.24, 2.45) is 29.1 Å². The standard InChI is InChI=1S/C33H42N2O7/c1-18-26-12-24(33(26,3)4)13-27(18)34-32(40)30-29(19(2)39)28(17-38)42-35(30)14-22-7-6-8-25(31(22)41-5)23-10-20(15-36)9-21(11-23)16-37/h6-11,15-16,18-19,24,26-30,38-39H,12-14,17H2,1-5H3,(H,34,40)/t18-,19-,24+,26-,27-,28-,29-,30?/m0/s1. The first-order valence-corrected chi connectivity index (χ1v) is 14.8. The van der Waals surface area contributed by atoms with E-state index in [1.54, 1.807) is 24.1 Å². The minimum atomic E-state index is -0.903. The Hall–Kier alpha value is -3.11. The van der Waals surface area contributed by atoms with Gasteiger partial charge in [0.15, 0.2) is 0 Å². The van der Waals surface area contributed by atoms with Crippen LogP contribution in [-0.2, 0) is 16.2 Å². The van der Waals surface area contributed by atoms with Gasteiger partial charge in [-0.1, -0.05) is 39.0 Å². The summed E-state index contributed by atoms with van der Waals surface area (Å²) in [6.07, 6.45) is 1.84. The van der Waals surface area contributed by atoms with Crippen molar-refractivity contribution in [1.82, 2.24) is 10.4 Å². The van der Waals surface area contributed by atoms with E-state index in [4.69, 9.17) is 9.57 Å². The third-order valence-corrected chi connectivity index (χ3v) is 10.3. The maximum absolute atomic E-state index is 14.0. The third kappa shape index (κ3) is 5.28. The van der Waals surface area contributed by atoms with Crippen molar-refractivity contribution in [2.75, 3.05) is 13.7 Å². The van der Waals surface area contributed by atoms with Gasteiger partial charge in [0.2, 0.25) is 5.91 Å². The number of nitrogens with zero attached hydrogens (tertiary/aromatic N) is 1. The highest BCUT2D eigenvalue weighted by molar-refractivity contribution is 5.87. The Kier molecular flexibility index (Phi) is 8.58. The number of ether oxygens (including phenoxy) is 1. The van der Waals surface area contributed by atoms with Crippen molar-refractivity contribution < 1.29 is 34.2 Å². The lowest BCUT2D eigenvalue weighted by atomic mass is 9.45. The molecule has 3 saturated carbocycles. The number of fused-ring (bicyclic) bond motifs is 2. The lowest BCUT2D eigenvalue weighted by Crippen LogP contribution is -2.62. The number of carbonyl (C=O) groups excluding carboxylic acids is 3. The van der Waals surface area contributed by atoms with Gasteiger partial charge in [-0.25, -0.2) is 0 Å². The largest absolute Gasteiger partial charge is 0.496 e. The van der Waals surface area contributed by atoms with Crippen LogP contribution in [0.4, 0.5) is 0 Å². The Bertz CT molecular complexity index is 1320. The molecular weight excluding hydrogens is 536 g/mol. The molecule has 42 heavy (non-hydrogen) atoms. The summed E-state index contributed by atoms with van der Waals surface area (Å²) in [5.41, 5.74) is 3.03. The quantitative estimate of drug-likeness (QED) is 0.365. The summed E-state index contributed by atoms with van der Waals surface area (Å²) in [6.45, 7) is 8.26. The molecule has 6 rings (SSSR count). The highest BCUT2D eigenvalue weighted by Gasteiger charge is 2.57. The number of nitrogens with one attached hydrogen (secondary N) is 1. The van der Waals surface area contributed by atoms with Crippen molar-refractivity contribution in [3.8, 4) is 16.9 Å². The number of hydroxylamine groups is 2. The lowest BCUT2D eigenvalue weighted by Gasteiger charge is -2.62. The summed E-state index contributed by atoms with van der Waals surface area (Å²) in [4.78, 5) is 43.2. The smallest absolute Gasteiger partial charge is 0.240 e. The van der Waals surface area contributed by atoms with Crippen LogP contribution in [0.25, 0.3) is 11.1 Å². The molecule has 3 N–H and O–H groups in total. The van der Waals surface area contributed by atoms with Gasteiger partial charge in [-0.15, -0.1) is 0 Å². The van der Waals surface area contributed by atoms with Crippen molar-refractivity contribution in [3.05, 3.63) is 53.1 Å². The molecule has 0 radical (unpaired) electrons. The fraction of sp³-hybridized carbons (Fsp3) is 0.545. The lowest BCUT2D eigenvalue weighted by molar-refractivity contribution is -0.183. The van der Waals surface area contributed by atoms with E-state index < -0.39 is 24.2 Å². The number of benzene rings is 2. The molecule has 1 amide bonds. The SMILES string of the molecule is COc1c(CN2O[C@@H](CO)[C@H]([C@H](C)O)C2C(=O)N[C@H]2C[C@H]3C[C@@H]([C@@H]2C)C3(C)C)cccc1-c1cc(C=O)cc(C=O)c1. The average Bonchev–Trinajstić information content (AvgIpc) is 3.36. The van der Waals surface area contributed by atoms with E-state index in [1.165, 1.54) is 19.6 Å². The first-order valence-electron chi connectivity index (χ1n) is 14.8. The molecule has 9 heteroatoms. The van der Waals surface area contributed by atoms with Crippen LogP contribution in [0.3, 0.4) is 0 Å². The van der Waals surface area contributed by atoms with Crippen LogP contribution < -0.4 is 10.1 Å². The predicted molar refractivity (Wildman–Crippen MR) is 157 cm³/mol. The van der Waals surface area contributed by atoms with E-state index in [-0.39, 0.29) is 30.5 Å². The molecule has 3 aliphatic carbocycles. The number of aliphatic hydroxyl groups excluding tert-OH is 2. The number of hydrogen-bond donors (Lipinski definition) is 3. The number of aliphatic hydroxyl groups is 2. The zero-order chi connectivity index (χ0) is 30.3. The van der Waals surface area contributed by atoms with Gasteiger partial charge < -0.3 is 20.3 Å². The van der Waals surface area contributed by atoms with E-state index in [2.05, 4.69) is 26.1 Å². The number of aldehydes is 2. The van der Waals surface area contributed by atoms with E-state index in [0.29, 0.717) is 63.9 Å². The first kappa shape index (κ1) is 30.4. The second kappa shape index (κ2) is 11.9. The van der Waals surface area contributed by atoms with Crippen LogP contribution in [0.15, 0.2) is 36.4 Å². The Morgan fingerprint density at radius 1 is 1.19 bits per heavy atom. The number of carbonyl (C=O) groups is 3. The van der Waals surface area contributed by atoms with Crippen molar-refractivity contribution >= 4 is 18.5 Å². The zero-order valence-corrected chi connectivity index (χ0v) is 24.9. The molecule has 0 spiro atoms. The van der Waals surface area contributed by atoms with E-state index in [1.807, 2.05) is 18.2 Å². The molecule has 4 fully saturated rings. The molecule has 1 unspecified atom stereocenters. The van der Waals surface area contributed by atoms with Gasteiger partial charge in [-0.05, 0) is 66.7 Å². The maximum atomic E-state index is 14.0. The van der Waals surface area contributed by atoms with Crippen LogP contribution in [0.5, 0.6) is 5.75 Å². The van der Waals surface area contributed by atoms with Gasteiger partial charge in [-0.3, -0.25) is 19.2 Å². The zero-order valence-electron chi connectivity index (χ0n) is 24.9. The number of amides is 1. The summed E-state index contributed by atoms with van der Waals surface area (Å²) in [5, 5.41) is 25.7. The Morgan fingerprint density at radius 2 is 1.88 bits per heavy atom. The van der Waals surface area contributed by atoms with Crippen LogP contribution in [0.1, 0.15) is 66.8 Å². The number of rotatable bonds is 10. The monoisotopic (exact) mass is 578 g/mol. The molecule has 226 valence electrons. The number of methoxy groups -OCH3 is 1. The van der Waals surface area contributed by atoms with Crippen LogP contribution in [0, 0.1) is 29.1 Å². The molecule has 0 aromatic heterocycles. The molecule has 2 aromatic rings. The molecule has 2 bridgehead atoms. The summed E-state index contributed by atoms with van der Waals surface area (Å²) in [7, 11) is 1.54. The molecule has 1 heterocycles. The molecule has 9 nitrogen and oxygen atoms in total. The van der Waals surface area contributed by atoms with Crippen molar-refractivity contribution in [2.45, 2.75) is 71.4 Å². The second-order valence-corrected chi connectivity index (χ2v) is 12.9. The highest BCUT2D eigenvalue weighted by atomic mass is 16.7. The summed E-state index contributed by atoms with van der Waals surface area (Å²) in [5.74, 6) is 1.09. The van der Waals surface area contributed by atoms with E-state index in [0.717, 1.165) is 6.42 Å². The average molecular weight is 579 g/mol. The summed E-state index contributed by atoms with van der Waals surface area (Å²) < 4.78 is 5.82. The minimum absolute atomic E-state index is 0.0360. The van der Waals surface area contributed by atoms with Crippen molar-refractivity contribution in [1.29, 1.82) is 0 Å². The Balaban J connectivity index is 1.45. The fourth-order valence-corrected chi connectivity index (χ4v) is 7.80. The number of hydrogen-bond acceptors (Lipinski definition) is 8. The Morgan fingerprint density at radius 3 is 2.43 bits per heavy atom. The van der Waals surface area contributed by atoms with Crippen molar-refractivity contribution in [3.63, 3.8) is 0 Å². The molecule has 8 atom stereocenters. The third-order valence-electron chi connectivity index (χ3n) is 10.3. The molecule has 1 aliphatic heterocycles. The van der Waals surface area contributed by atoms with E-state index >= 15 is 0 Å². The maximum Gasteiger partial charge on any atom is 0.240 e. The minimum Gasteiger partial charge on any atom is -0.496 e. The molecule has 4 aliphatic rings. The van der Waals surface area contributed by atoms with Gasteiger partial charge in [0.05, 0.1) is 26.4 Å². The van der Waals surface area contributed by atoms with Gasteiger partial charge in [0.25, 0.3) is 0 Å².